The topological polar surface area (TPSA) is 111 Å². The molecule has 0 saturated carbocycles. The van der Waals surface area contributed by atoms with E-state index in [1.165, 1.54) is 24.3 Å². The van der Waals surface area contributed by atoms with Gasteiger partial charge in [-0.25, -0.2) is 18.4 Å². The van der Waals surface area contributed by atoms with E-state index in [4.69, 9.17) is 14.9 Å². The number of carbonyl (C=O) groups is 2. The molecule has 42 heavy (non-hydrogen) atoms. The zero-order valence-corrected chi connectivity index (χ0v) is 23.4. The molecule has 1 fully saturated rings. The van der Waals surface area contributed by atoms with Gasteiger partial charge in [0.05, 0.1) is 12.2 Å². The van der Waals surface area contributed by atoms with E-state index in [1.807, 2.05) is 37.3 Å². The van der Waals surface area contributed by atoms with Gasteiger partial charge in [0, 0.05) is 51.4 Å². The van der Waals surface area contributed by atoms with Crippen LogP contribution in [0.3, 0.4) is 0 Å². The molecule has 10 heteroatoms. The summed E-state index contributed by atoms with van der Waals surface area (Å²) in [5.74, 6) is -3.11. The van der Waals surface area contributed by atoms with Crippen LogP contribution in [0.5, 0.6) is 0 Å². The Morgan fingerprint density at radius 2 is 1.26 bits per heavy atom. The molecule has 3 aromatic carbocycles. The number of hydrogen-bond acceptors (Lipinski definition) is 6. The zero-order chi connectivity index (χ0) is 30.5. The lowest BCUT2D eigenvalue weighted by Gasteiger charge is -2.38. The number of ether oxygens (including phenoxy) is 1. The lowest BCUT2D eigenvalue weighted by Crippen LogP contribution is -2.50. The van der Waals surface area contributed by atoms with Crippen molar-refractivity contribution in [3.8, 4) is 0 Å². The Morgan fingerprint density at radius 1 is 0.810 bits per heavy atom. The highest BCUT2D eigenvalue weighted by atomic mass is 19.1. The van der Waals surface area contributed by atoms with Crippen LogP contribution in [0.2, 0.25) is 0 Å². The van der Waals surface area contributed by atoms with Crippen LogP contribution in [0.4, 0.5) is 8.78 Å². The first-order chi connectivity index (χ1) is 20.0. The van der Waals surface area contributed by atoms with Crippen LogP contribution in [0, 0.1) is 11.6 Å². The maximum atomic E-state index is 13.4. The minimum Gasteiger partial charge on any atom is -0.478 e. The summed E-state index contributed by atoms with van der Waals surface area (Å²) < 4.78 is 33.1. The average molecular weight is 583 g/mol. The Bertz CT molecular complexity index is 1230. The third-order valence-corrected chi connectivity index (χ3v) is 6.80. The van der Waals surface area contributed by atoms with E-state index in [1.54, 1.807) is 24.3 Å². The van der Waals surface area contributed by atoms with Crippen molar-refractivity contribution in [2.75, 3.05) is 45.9 Å². The van der Waals surface area contributed by atoms with Gasteiger partial charge < -0.3 is 20.1 Å². The largest absolute Gasteiger partial charge is 0.478 e. The predicted molar refractivity (Wildman–Crippen MR) is 154 cm³/mol. The summed E-state index contributed by atoms with van der Waals surface area (Å²) in [5.41, 5.74) is 1.71. The van der Waals surface area contributed by atoms with Crippen LogP contribution in [0.25, 0.3) is 0 Å². The van der Waals surface area contributed by atoms with E-state index in [2.05, 4.69) is 9.80 Å². The third-order valence-electron chi connectivity index (χ3n) is 6.80. The van der Waals surface area contributed by atoms with Crippen LogP contribution in [0.15, 0.2) is 91.0 Å². The Morgan fingerprint density at radius 3 is 1.71 bits per heavy atom. The van der Waals surface area contributed by atoms with Gasteiger partial charge in [-0.3, -0.25) is 9.80 Å². The van der Waals surface area contributed by atoms with Gasteiger partial charge in [0.25, 0.3) is 0 Å². The average Bonchev–Trinajstić information content (AvgIpc) is 2.97. The number of aliphatic carboxylic acids is 2. The third kappa shape index (κ3) is 10.8. The SMILES string of the molecule is C[C@@](O)(CN1CCN(CCOC(c2ccc(F)cc2)c2ccc(F)cc2)CC1)c1ccccc1.O=C(O)/C=C/C(=O)O. The first-order valence-corrected chi connectivity index (χ1v) is 13.5. The monoisotopic (exact) mass is 582 g/mol. The number of benzene rings is 3. The van der Waals surface area contributed by atoms with Gasteiger partial charge in [-0.2, -0.15) is 0 Å². The molecule has 224 valence electrons. The molecular formula is C32H36F2N2O6. The summed E-state index contributed by atoms with van der Waals surface area (Å²) >= 11 is 0. The highest BCUT2D eigenvalue weighted by molar-refractivity contribution is 5.89. The van der Waals surface area contributed by atoms with Crippen molar-refractivity contribution in [3.63, 3.8) is 0 Å². The van der Waals surface area contributed by atoms with E-state index in [9.17, 15) is 23.5 Å². The quantitative estimate of drug-likeness (QED) is 0.287. The molecule has 3 N–H and O–H groups in total. The normalized spacial score (nSPS) is 15.6. The fourth-order valence-corrected chi connectivity index (χ4v) is 4.60. The minimum atomic E-state index is -1.26. The van der Waals surface area contributed by atoms with Crippen molar-refractivity contribution in [2.24, 2.45) is 0 Å². The summed E-state index contributed by atoms with van der Waals surface area (Å²) in [6.45, 7) is 7.28. The van der Waals surface area contributed by atoms with Crippen LogP contribution in [-0.2, 0) is 19.9 Å². The Labute approximate surface area is 244 Å². The molecule has 4 rings (SSSR count). The molecule has 0 spiro atoms. The van der Waals surface area contributed by atoms with Crippen molar-refractivity contribution < 1.29 is 38.4 Å². The van der Waals surface area contributed by atoms with Gasteiger partial charge in [-0.15, -0.1) is 0 Å². The lowest BCUT2D eigenvalue weighted by molar-refractivity contribution is -0.134. The second-order valence-electron chi connectivity index (χ2n) is 10.1. The molecule has 1 atom stereocenters. The highest BCUT2D eigenvalue weighted by Crippen LogP contribution is 2.27. The molecule has 0 aliphatic carbocycles. The lowest BCUT2D eigenvalue weighted by atomic mass is 9.95. The van der Waals surface area contributed by atoms with Gasteiger partial charge in [-0.1, -0.05) is 54.6 Å². The van der Waals surface area contributed by atoms with E-state index in [-0.39, 0.29) is 17.7 Å². The fraction of sp³-hybridized carbons (Fsp3) is 0.312. The van der Waals surface area contributed by atoms with Crippen molar-refractivity contribution in [2.45, 2.75) is 18.6 Å². The number of carboxylic acids is 2. The maximum Gasteiger partial charge on any atom is 0.328 e. The minimum absolute atomic E-state index is 0.300. The summed E-state index contributed by atoms with van der Waals surface area (Å²) in [6.07, 6.45) is 0.730. The molecule has 0 bridgehead atoms. The number of rotatable bonds is 11. The molecule has 0 unspecified atom stereocenters. The van der Waals surface area contributed by atoms with Crippen LogP contribution in [0.1, 0.15) is 29.7 Å². The van der Waals surface area contributed by atoms with E-state index >= 15 is 0 Å². The number of hydrogen-bond donors (Lipinski definition) is 3. The Kier molecular flexibility index (Phi) is 12.3. The number of nitrogens with zero attached hydrogens (tertiary/aromatic N) is 2. The van der Waals surface area contributed by atoms with Gasteiger partial charge in [0.15, 0.2) is 0 Å². The smallest absolute Gasteiger partial charge is 0.328 e. The summed E-state index contributed by atoms with van der Waals surface area (Å²) in [7, 11) is 0. The number of piperazine rings is 1. The molecule has 1 heterocycles. The van der Waals surface area contributed by atoms with Crippen molar-refractivity contribution >= 4 is 11.9 Å². The van der Waals surface area contributed by atoms with Gasteiger partial charge in [0.2, 0.25) is 0 Å². The molecule has 8 nitrogen and oxygen atoms in total. The van der Waals surface area contributed by atoms with E-state index in [0.717, 1.165) is 49.4 Å². The van der Waals surface area contributed by atoms with Gasteiger partial charge in [0.1, 0.15) is 17.7 Å². The van der Waals surface area contributed by atoms with Crippen LogP contribution >= 0.6 is 0 Å². The number of carboxylic acid groups (broad SMARTS) is 2. The molecular weight excluding hydrogens is 546 g/mol. The molecule has 0 amide bonds. The first kappa shape index (κ1) is 32.6. The standard InChI is InChI=1S/C28H32F2N2O2.C4H4O4/c1-28(33,24-5-3-2-4-6-24)21-32-17-15-31(16-18-32)19-20-34-27(22-7-11-25(29)12-8-22)23-9-13-26(30)14-10-23;5-3(6)1-2-4(7)8/h2-14,27,33H,15-21H2,1H3;1-2H,(H,5,6)(H,7,8)/b;2-1+/t28-;/m1./s1. The zero-order valence-electron chi connectivity index (χ0n) is 23.4. The van der Waals surface area contributed by atoms with E-state index in [0.29, 0.717) is 25.3 Å². The predicted octanol–water partition coefficient (Wildman–Crippen LogP) is 4.31. The molecule has 3 aromatic rings. The van der Waals surface area contributed by atoms with Crippen molar-refractivity contribution in [3.05, 3.63) is 119 Å². The van der Waals surface area contributed by atoms with Gasteiger partial charge >= 0.3 is 11.9 Å². The second-order valence-corrected chi connectivity index (χ2v) is 10.1. The summed E-state index contributed by atoms with van der Waals surface area (Å²) in [6, 6.07) is 22.3. The summed E-state index contributed by atoms with van der Waals surface area (Å²) in [4.78, 5) is 23.8. The molecule has 1 aliphatic rings. The molecule has 1 saturated heterocycles. The van der Waals surface area contributed by atoms with Crippen LogP contribution in [-0.4, -0.2) is 82.9 Å². The maximum absolute atomic E-state index is 13.4. The van der Waals surface area contributed by atoms with Crippen molar-refractivity contribution in [1.29, 1.82) is 0 Å². The molecule has 1 aliphatic heterocycles. The summed E-state index contributed by atoms with van der Waals surface area (Å²) in [5, 5.41) is 26.6. The first-order valence-electron chi connectivity index (χ1n) is 13.5. The molecule has 0 aromatic heterocycles. The Balaban J connectivity index is 0.000000531. The number of halogens is 2. The van der Waals surface area contributed by atoms with Gasteiger partial charge in [-0.05, 0) is 47.9 Å². The fourth-order valence-electron chi connectivity index (χ4n) is 4.60. The number of aliphatic hydroxyl groups is 1. The number of β-amino-alcohol motifs (C(OH)–C–C–N with tert-alkyl or cyclic N) is 1. The Hall–Kier alpha value is -3.96. The second kappa shape index (κ2) is 15.9. The van der Waals surface area contributed by atoms with Crippen molar-refractivity contribution in [1.82, 2.24) is 9.80 Å². The van der Waals surface area contributed by atoms with Crippen LogP contribution < -0.4 is 0 Å². The highest BCUT2D eigenvalue weighted by Gasteiger charge is 2.28. The van der Waals surface area contributed by atoms with E-state index < -0.39 is 17.5 Å². The molecule has 0 radical (unpaired) electrons.